The van der Waals surface area contributed by atoms with Gasteiger partial charge in [0.05, 0.1) is 22.4 Å². The summed E-state index contributed by atoms with van der Waals surface area (Å²) in [5.41, 5.74) is 8.38. The highest BCUT2D eigenvalue weighted by Gasteiger charge is 2.51. The van der Waals surface area contributed by atoms with E-state index < -0.39 is 0 Å². The van der Waals surface area contributed by atoms with Gasteiger partial charge in [-0.2, -0.15) is 0 Å². The highest BCUT2D eigenvalue weighted by atomic mass is 15.2. The van der Waals surface area contributed by atoms with E-state index in [1.807, 2.05) is 0 Å². The third-order valence-electron chi connectivity index (χ3n) is 10.4. The van der Waals surface area contributed by atoms with Crippen molar-refractivity contribution in [3.8, 4) is 28.5 Å². The Morgan fingerprint density at radius 3 is 1.59 bits per heavy atom. The van der Waals surface area contributed by atoms with Crippen molar-refractivity contribution in [2.75, 3.05) is 0 Å². The number of hydrogen-bond acceptors (Lipinski definition) is 2. The maximum absolute atomic E-state index is 5.25. The summed E-state index contributed by atoms with van der Waals surface area (Å²) < 4.78 is 2.23. The molecule has 0 spiro atoms. The second-order valence-electron chi connectivity index (χ2n) is 12.9. The van der Waals surface area contributed by atoms with Gasteiger partial charge in [-0.05, 0) is 85.5 Å². The second-order valence-corrected chi connectivity index (χ2v) is 12.9. The molecule has 4 bridgehead atoms. The molecule has 0 saturated heterocycles. The quantitative estimate of drug-likeness (QED) is 0.227. The zero-order valence-corrected chi connectivity index (χ0v) is 23.2. The summed E-state index contributed by atoms with van der Waals surface area (Å²) in [6.07, 6.45) is 8.61. The molecule has 0 unspecified atom stereocenters. The molecule has 2 aromatic heterocycles. The van der Waals surface area contributed by atoms with Crippen molar-refractivity contribution in [2.45, 2.75) is 43.9 Å². The molecule has 10 rings (SSSR count). The average molecular weight is 532 g/mol. The molecule has 4 fully saturated rings. The van der Waals surface area contributed by atoms with Crippen molar-refractivity contribution in [2.24, 2.45) is 17.8 Å². The van der Waals surface area contributed by atoms with Crippen LogP contribution in [0.2, 0.25) is 0 Å². The molecule has 0 atom stereocenters. The molecule has 2 heterocycles. The third kappa shape index (κ3) is 3.71. The Morgan fingerprint density at radius 2 is 1.02 bits per heavy atom. The van der Waals surface area contributed by atoms with E-state index in [-0.39, 0.29) is 0 Å². The van der Waals surface area contributed by atoms with Crippen LogP contribution in [0.25, 0.3) is 50.3 Å². The molecule has 4 saturated carbocycles. The zero-order valence-electron chi connectivity index (χ0n) is 23.2. The second kappa shape index (κ2) is 8.88. The van der Waals surface area contributed by atoms with Crippen molar-refractivity contribution in [3.05, 3.63) is 115 Å². The minimum atomic E-state index is 0.405. The summed E-state index contributed by atoms with van der Waals surface area (Å²) in [5.74, 6) is 3.56. The highest BCUT2D eigenvalue weighted by Crippen LogP contribution is 2.60. The van der Waals surface area contributed by atoms with Gasteiger partial charge >= 0.3 is 0 Å². The highest BCUT2D eigenvalue weighted by molar-refractivity contribution is 6.09. The molecule has 4 aliphatic rings. The van der Waals surface area contributed by atoms with Crippen molar-refractivity contribution < 1.29 is 0 Å². The Hall–Kier alpha value is -4.24. The van der Waals surface area contributed by atoms with Crippen LogP contribution in [0.15, 0.2) is 109 Å². The summed E-state index contributed by atoms with van der Waals surface area (Å²) in [6, 6.07) is 39.3. The van der Waals surface area contributed by atoms with Gasteiger partial charge in [0.1, 0.15) is 0 Å². The minimum Gasteiger partial charge on any atom is -0.278 e. The van der Waals surface area contributed by atoms with Crippen molar-refractivity contribution >= 4 is 21.8 Å². The number of aromatic nitrogens is 3. The van der Waals surface area contributed by atoms with E-state index in [1.165, 1.54) is 49.3 Å². The smallest absolute Gasteiger partial charge is 0.235 e. The van der Waals surface area contributed by atoms with Gasteiger partial charge in [0, 0.05) is 21.9 Å². The Bertz CT molecular complexity index is 1830. The fraction of sp³-hybridized carbons (Fsp3) is 0.263. The van der Waals surface area contributed by atoms with Crippen LogP contribution in [0.4, 0.5) is 0 Å². The zero-order chi connectivity index (χ0) is 27.0. The van der Waals surface area contributed by atoms with Crippen LogP contribution >= 0.6 is 0 Å². The van der Waals surface area contributed by atoms with E-state index >= 15 is 0 Å². The van der Waals surface area contributed by atoms with E-state index in [4.69, 9.17) is 9.97 Å². The molecular weight excluding hydrogens is 498 g/mol. The molecule has 3 nitrogen and oxygen atoms in total. The van der Waals surface area contributed by atoms with Gasteiger partial charge in [-0.3, -0.25) is 4.57 Å². The molecule has 0 radical (unpaired) electrons. The summed E-state index contributed by atoms with van der Waals surface area (Å²) in [6.45, 7) is 0. The standard InChI is InChI=1S/C38H33N3/c1-2-8-28(9-3-1)33-21-34(29-14-16-30(17-15-29)38-22-25-18-26(23-38)20-27(19-25)24-38)40-37(39-33)41-35-12-6-4-10-31(35)32-11-5-7-13-36(32)41/h1-17,21,25-27H,18-20,22-24H2. The number of hydrogen-bond donors (Lipinski definition) is 0. The maximum atomic E-state index is 5.25. The van der Waals surface area contributed by atoms with Crippen molar-refractivity contribution in [1.29, 1.82) is 0 Å². The maximum Gasteiger partial charge on any atom is 0.235 e. The summed E-state index contributed by atoms with van der Waals surface area (Å²) >= 11 is 0. The molecule has 0 aliphatic heterocycles. The van der Waals surface area contributed by atoms with Crippen LogP contribution in [0.1, 0.15) is 44.1 Å². The van der Waals surface area contributed by atoms with E-state index in [0.717, 1.165) is 51.3 Å². The van der Waals surface area contributed by atoms with Gasteiger partial charge in [0.15, 0.2) is 0 Å². The van der Waals surface area contributed by atoms with Gasteiger partial charge in [-0.15, -0.1) is 0 Å². The summed E-state index contributed by atoms with van der Waals surface area (Å²) in [4.78, 5) is 10.4. The Kier molecular flexibility index (Phi) is 5.08. The first kappa shape index (κ1) is 23.5. The van der Waals surface area contributed by atoms with E-state index in [2.05, 4.69) is 114 Å². The Balaban J connectivity index is 1.20. The lowest BCUT2D eigenvalue weighted by Gasteiger charge is -2.57. The molecule has 4 aliphatic carbocycles. The lowest BCUT2D eigenvalue weighted by atomic mass is 9.48. The van der Waals surface area contributed by atoms with Gasteiger partial charge in [-0.25, -0.2) is 9.97 Å². The van der Waals surface area contributed by atoms with Crippen molar-refractivity contribution in [1.82, 2.24) is 14.5 Å². The minimum absolute atomic E-state index is 0.405. The number of benzene rings is 4. The molecule has 200 valence electrons. The van der Waals surface area contributed by atoms with E-state index in [0.29, 0.717) is 11.4 Å². The number of rotatable bonds is 4. The Labute approximate surface area is 240 Å². The molecular formula is C38H33N3. The van der Waals surface area contributed by atoms with Gasteiger partial charge in [0.2, 0.25) is 5.95 Å². The molecule has 0 N–H and O–H groups in total. The summed E-state index contributed by atoms with van der Waals surface area (Å²) in [5, 5.41) is 2.44. The first-order valence-electron chi connectivity index (χ1n) is 15.3. The van der Waals surface area contributed by atoms with Gasteiger partial charge < -0.3 is 0 Å². The number of para-hydroxylation sites is 2. The average Bonchev–Trinajstić information content (AvgIpc) is 3.35. The molecule has 41 heavy (non-hydrogen) atoms. The number of nitrogens with zero attached hydrogens (tertiary/aromatic N) is 3. The topological polar surface area (TPSA) is 30.7 Å². The third-order valence-corrected chi connectivity index (χ3v) is 10.4. The van der Waals surface area contributed by atoms with E-state index in [1.54, 1.807) is 5.56 Å². The lowest BCUT2D eigenvalue weighted by Crippen LogP contribution is -2.48. The first-order chi connectivity index (χ1) is 20.2. The van der Waals surface area contributed by atoms with E-state index in [9.17, 15) is 0 Å². The SMILES string of the molecule is c1ccc(-c2cc(-c3ccc(C45CC6CC(CC(C6)C4)C5)cc3)nc(-n3c4ccccc4c4ccccc43)n2)cc1. The molecule has 4 aromatic carbocycles. The molecule has 0 amide bonds. The van der Waals surface area contributed by atoms with Crippen LogP contribution in [0.3, 0.4) is 0 Å². The largest absolute Gasteiger partial charge is 0.278 e. The van der Waals surface area contributed by atoms with Crippen LogP contribution in [-0.2, 0) is 5.41 Å². The lowest BCUT2D eigenvalue weighted by molar-refractivity contribution is -0.00518. The summed E-state index contributed by atoms with van der Waals surface area (Å²) in [7, 11) is 0. The van der Waals surface area contributed by atoms with Crippen LogP contribution in [0, 0.1) is 17.8 Å². The fourth-order valence-corrected chi connectivity index (χ4v) is 9.04. The first-order valence-corrected chi connectivity index (χ1v) is 15.3. The van der Waals surface area contributed by atoms with Crippen LogP contribution in [-0.4, -0.2) is 14.5 Å². The van der Waals surface area contributed by atoms with Gasteiger partial charge in [0.25, 0.3) is 0 Å². The fourth-order valence-electron chi connectivity index (χ4n) is 9.04. The predicted molar refractivity (Wildman–Crippen MR) is 167 cm³/mol. The molecule has 6 aromatic rings. The normalized spacial score (nSPS) is 24.8. The number of fused-ring (bicyclic) bond motifs is 3. The predicted octanol–water partition coefficient (Wildman–Crippen LogP) is 9.38. The van der Waals surface area contributed by atoms with Crippen LogP contribution in [0.5, 0.6) is 0 Å². The molecule has 3 heteroatoms. The monoisotopic (exact) mass is 531 g/mol. The van der Waals surface area contributed by atoms with Crippen molar-refractivity contribution in [3.63, 3.8) is 0 Å². The Morgan fingerprint density at radius 1 is 0.537 bits per heavy atom. The van der Waals surface area contributed by atoms with Crippen LogP contribution < -0.4 is 0 Å². The van der Waals surface area contributed by atoms with Gasteiger partial charge in [-0.1, -0.05) is 91.0 Å².